The minimum atomic E-state index is 0.296. The maximum Gasteiger partial charge on any atom is 0.144 e. The molecule has 0 aliphatic heterocycles. The maximum atomic E-state index is 4.88. The zero-order chi connectivity index (χ0) is 46.5. The number of nitrogens with zero attached hydrogens (tertiary/aromatic N) is 4. The number of para-hydroxylation sites is 4. The Labute approximate surface area is 406 Å². The van der Waals surface area contributed by atoms with Gasteiger partial charge >= 0.3 is 0 Å². The molecule has 5 heteroatoms. The van der Waals surface area contributed by atoms with Crippen LogP contribution >= 0.6 is 11.3 Å². The van der Waals surface area contributed by atoms with Crippen molar-refractivity contribution in [1.29, 1.82) is 0 Å². The summed E-state index contributed by atoms with van der Waals surface area (Å²) in [6.07, 6.45) is 4.06. The summed E-state index contributed by atoms with van der Waals surface area (Å²) in [5.74, 6) is 1.55. The van der Waals surface area contributed by atoms with Crippen LogP contribution in [0.4, 0.5) is 0 Å². The van der Waals surface area contributed by atoms with E-state index >= 15 is 0 Å². The van der Waals surface area contributed by atoms with E-state index in [1.54, 1.807) is 0 Å². The zero-order valence-electron chi connectivity index (χ0n) is 39.4. The molecule has 0 spiro atoms. The van der Waals surface area contributed by atoms with Crippen LogP contribution in [0.25, 0.3) is 114 Å². The normalized spacial score (nSPS) is 12.1. The molecule has 0 bridgehead atoms. The third-order valence-electron chi connectivity index (χ3n) is 14.4. The first-order chi connectivity index (χ1) is 33.8. The van der Waals surface area contributed by atoms with Gasteiger partial charge in [-0.25, -0.2) is 4.98 Å². The van der Waals surface area contributed by atoms with Crippen molar-refractivity contribution in [2.75, 3.05) is 0 Å². The van der Waals surface area contributed by atoms with E-state index in [9.17, 15) is 0 Å². The van der Waals surface area contributed by atoms with E-state index in [1.807, 2.05) is 17.5 Å². The number of fused-ring (bicyclic) bond motifs is 9. The second-order valence-corrected chi connectivity index (χ2v) is 20.3. The maximum absolute atomic E-state index is 4.88. The molecule has 332 valence electrons. The summed E-state index contributed by atoms with van der Waals surface area (Å²) in [4.78, 5) is 4.88. The van der Waals surface area contributed by atoms with Crippen LogP contribution in [0.1, 0.15) is 56.2 Å². The van der Waals surface area contributed by atoms with E-state index in [0.717, 1.165) is 17.1 Å². The van der Waals surface area contributed by atoms with Crippen LogP contribution in [0.5, 0.6) is 0 Å². The first-order valence-corrected chi connectivity index (χ1v) is 25.0. The van der Waals surface area contributed by atoms with Gasteiger partial charge in [0.05, 0.1) is 27.8 Å². The van der Waals surface area contributed by atoms with Crippen molar-refractivity contribution in [2.24, 2.45) is 0 Å². The lowest BCUT2D eigenvalue weighted by Crippen LogP contribution is -2.08. The van der Waals surface area contributed by atoms with Crippen molar-refractivity contribution >= 4 is 75.1 Å². The summed E-state index contributed by atoms with van der Waals surface area (Å²) in [7, 11) is 0. The summed E-state index contributed by atoms with van der Waals surface area (Å²) in [5.41, 5.74) is 18.4. The molecular formula is C64H50N4S. The molecule has 0 amide bonds. The van der Waals surface area contributed by atoms with Crippen molar-refractivity contribution in [3.63, 3.8) is 0 Å². The van der Waals surface area contributed by atoms with Gasteiger partial charge in [0.25, 0.3) is 0 Å². The molecular weight excluding hydrogens is 857 g/mol. The molecule has 0 N–H and O–H groups in total. The van der Waals surface area contributed by atoms with Gasteiger partial charge in [0.1, 0.15) is 5.82 Å². The van der Waals surface area contributed by atoms with Gasteiger partial charge in [0.2, 0.25) is 0 Å². The largest absolute Gasteiger partial charge is 0.309 e. The molecule has 13 aromatic rings. The molecule has 0 aliphatic carbocycles. The number of benzene rings is 9. The Kier molecular flexibility index (Phi) is 9.60. The molecule has 0 aliphatic rings. The molecule has 4 aromatic heterocycles. The molecule has 69 heavy (non-hydrogen) atoms. The lowest BCUT2D eigenvalue weighted by molar-refractivity contribution is 0.807. The molecule has 4 heterocycles. The van der Waals surface area contributed by atoms with Gasteiger partial charge in [0, 0.05) is 76.6 Å². The SMILES string of the molecule is Cc1cc(-c2cc(C(C)C)c(-n3ccnc3-c3ccccc3)c(C(C)C)c2)ccc1-c1cc(-n2c3ccccc3c3ccccc32)cc2c1sc1ccc(-n3c4ccccc4c4ccccc43)cc12. The van der Waals surface area contributed by atoms with Crippen molar-refractivity contribution in [3.05, 3.63) is 217 Å². The predicted molar refractivity (Wildman–Crippen MR) is 294 cm³/mol. The van der Waals surface area contributed by atoms with E-state index in [0.29, 0.717) is 11.8 Å². The second kappa shape index (κ2) is 16.1. The van der Waals surface area contributed by atoms with E-state index in [1.165, 1.54) is 114 Å². The molecule has 4 nitrogen and oxygen atoms in total. The quantitative estimate of drug-likeness (QED) is 0.149. The van der Waals surface area contributed by atoms with Gasteiger partial charge in [0.15, 0.2) is 0 Å². The van der Waals surface area contributed by atoms with Crippen LogP contribution in [-0.2, 0) is 0 Å². The van der Waals surface area contributed by atoms with Gasteiger partial charge in [-0.1, -0.05) is 149 Å². The smallest absolute Gasteiger partial charge is 0.144 e. The monoisotopic (exact) mass is 906 g/mol. The Hall–Kier alpha value is -7.99. The fraction of sp³-hybridized carbons (Fsp3) is 0.109. The Balaban J connectivity index is 1.02. The summed E-state index contributed by atoms with van der Waals surface area (Å²) < 4.78 is 9.80. The molecule has 0 radical (unpaired) electrons. The number of aryl methyl sites for hydroxylation is 1. The fourth-order valence-corrected chi connectivity index (χ4v) is 12.3. The number of thiophene rings is 1. The Morgan fingerprint density at radius 3 is 1.54 bits per heavy atom. The van der Waals surface area contributed by atoms with Crippen molar-refractivity contribution < 1.29 is 0 Å². The second-order valence-electron chi connectivity index (χ2n) is 19.2. The van der Waals surface area contributed by atoms with Crippen LogP contribution in [0.15, 0.2) is 200 Å². The lowest BCUT2D eigenvalue weighted by Gasteiger charge is -2.24. The summed E-state index contributed by atoms with van der Waals surface area (Å²) in [6, 6.07) is 69.8. The number of hydrogen-bond donors (Lipinski definition) is 0. The Bertz CT molecular complexity index is 4020. The van der Waals surface area contributed by atoms with Crippen LogP contribution in [0.2, 0.25) is 0 Å². The highest BCUT2D eigenvalue weighted by molar-refractivity contribution is 7.26. The van der Waals surface area contributed by atoms with Gasteiger partial charge in [-0.2, -0.15) is 0 Å². The Morgan fingerprint density at radius 1 is 0.435 bits per heavy atom. The van der Waals surface area contributed by atoms with Crippen molar-refractivity contribution in [3.8, 4) is 50.7 Å². The van der Waals surface area contributed by atoms with E-state index in [2.05, 4.69) is 243 Å². The van der Waals surface area contributed by atoms with Crippen LogP contribution in [0, 0.1) is 6.92 Å². The minimum Gasteiger partial charge on any atom is -0.309 e. The third-order valence-corrected chi connectivity index (χ3v) is 15.6. The number of imidazole rings is 1. The average molecular weight is 907 g/mol. The standard InChI is InChI=1S/C64H50N4S/c1-39(2)52-34-44(35-53(40(3)4)62(52)66-32-31-65-64(66)42-17-7-6-8-18-42)43-27-29-47(41(5)33-43)55-37-46(68-59-25-15-11-21-50(59)51-22-12-16-26-60(51)68)38-56-54-36-45(28-30-61(54)69-63(55)56)67-57-23-13-9-19-48(57)49-20-10-14-24-58(49)67/h6-40H,1-5H3. The van der Waals surface area contributed by atoms with Crippen LogP contribution in [0.3, 0.4) is 0 Å². The number of hydrogen-bond acceptors (Lipinski definition) is 2. The molecule has 0 fully saturated rings. The minimum absolute atomic E-state index is 0.296. The van der Waals surface area contributed by atoms with Crippen LogP contribution in [-0.4, -0.2) is 18.7 Å². The molecule has 0 saturated heterocycles. The van der Waals surface area contributed by atoms with E-state index < -0.39 is 0 Å². The summed E-state index contributed by atoms with van der Waals surface area (Å²) in [6.45, 7) is 11.5. The first-order valence-electron chi connectivity index (χ1n) is 24.2. The average Bonchev–Trinajstić information content (AvgIpc) is 4.17. The van der Waals surface area contributed by atoms with Crippen LogP contribution < -0.4 is 0 Å². The molecule has 0 atom stereocenters. The Morgan fingerprint density at radius 2 is 0.971 bits per heavy atom. The van der Waals surface area contributed by atoms with Crippen molar-refractivity contribution in [2.45, 2.75) is 46.5 Å². The highest BCUT2D eigenvalue weighted by atomic mass is 32.1. The number of rotatable bonds is 8. The first kappa shape index (κ1) is 41.2. The number of aromatic nitrogens is 4. The highest BCUT2D eigenvalue weighted by Crippen LogP contribution is 2.46. The molecule has 13 rings (SSSR count). The molecule has 0 saturated carbocycles. The predicted octanol–water partition coefficient (Wildman–Crippen LogP) is 18.0. The van der Waals surface area contributed by atoms with Gasteiger partial charge < -0.3 is 9.13 Å². The van der Waals surface area contributed by atoms with E-state index in [-0.39, 0.29) is 0 Å². The van der Waals surface area contributed by atoms with Gasteiger partial charge in [-0.3, -0.25) is 4.57 Å². The molecule has 0 unspecified atom stereocenters. The van der Waals surface area contributed by atoms with Crippen molar-refractivity contribution in [1.82, 2.24) is 18.7 Å². The third kappa shape index (κ3) is 6.52. The summed E-state index contributed by atoms with van der Waals surface area (Å²) in [5, 5.41) is 7.59. The van der Waals surface area contributed by atoms with Gasteiger partial charge in [-0.05, 0) is 119 Å². The highest BCUT2D eigenvalue weighted by Gasteiger charge is 2.23. The lowest BCUT2D eigenvalue weighted by atomic mass is 9.87. The van der Waals surface area contributed by atoms with Gasteiger partial charge in [-0.15, -0.1) is 11.3 Å². The zero-order valence-corrected chi connectivity index (χ0v) is 40.2. The molecule has 9 aromatic carbocycles. The topological polar surface area (TPSA) is 27.7 Å². The summed E-state index contributed by atoms with van der Waals surface area (Å²) >= 11 is 1.90. The fourth-order valence-electron chi connectivity index (χ4n) is 11.2. The van der Waals surface area contributed by atoms with E-state index in [4.69, 9.17) is 4.98 Å².